The predicted octanol–water partition coefficient (Wildman–Crippen LogP) is 5.07. The molecule has 1 fully saturated rings. The summed E-state index contributed by atoms with van der Waals surface area (Å²) in [6, 6.07) is 5.10. The second kappa shape index (κ2) is 8.14. The minimum atomic E-state index is -0.150. The summed E-state index contributed by atoms with van der Waals surface area (Å²) in [5.41, 5.74) is 0.822. The lowest BCUT2D eigenvalue weighted by Crippen LogP contribution is -2.34. The van der Waals surface area contributed by atoms with Crippen LogP contribution in [0, 0.1) is 23.6 Å². The molecule has 0 spiro atoms. The van der Waals surface area contributed by atoms with Crippen molar-refractivity contribution in [1.82, 2.24) is 5.32 Å². The molecule has 0 bridgehead atoms. The van der Waals surface area contributed by atoms with E-state index in [0.29, 0.717) is 16.9 Å². The average molecular weight is 312 g/mol. The number of rotatable bonds is 6. The number of benzene rings is 1. The lowest BCUT2D eigenvalue weighted by atomic mass is 9.71. The van der Waals surface area contributed by atoms with Gasteiger partial charge in [0.05, 0.1) is 0 Å². The lowest BCUT2D eigenvalue weighted by Gasteiger charge is -2.36. The molecule has 0 heterocycles. The topological polar surface area (TPSA) is 12.0 Å². The zero-order chi connectivity index (χ0) is 15.2. The molecule has 118 valence electrons. The van der Waals surface area contributed by atoms with Crippen LogP contribution in [0.15, 0.2) is 18.2 Å². The first-order chi connectivity index (χ1) is 10.1. The van der Waals surface area contributed by atoms with Crippen molar-refractivity contribution in [1.29, 1.82) is 0 Å². The average Bonchev–Trinajstić information content (AvgIpc) is 2.48. The van der Waals surface area contributed by atoms with Crippen molar-refractivity contribution in [2.45, 2.75) is 46.0 Å². The van der Waals surface area contributed by atoms with E-state index < -0.39 is 0 Å². The molecule has 1 nitrogen and oxygen atoms in total. The third-order valence-corrected chi connectivity index (χ3v) is 5.21. The first-order valence-corrected chi connectivity index (χ1v) is 8.66. The summed E-state index contributed by atoms with van der Waals surface area (Å²) in [4.78, 5) is 0. The molecule has 21 heavy (non-hydrogen) atoms. The molecule has 1 aliphatic rings. The Hall–Kier alpha value is -0.600. The molecule has 1 saturated carbocycles. The fourth-order valence-electron chi connectivity index (χ4n) is 3.61. The molecule has 3 heteroatoms. The maximum atomic E-state index is 14.1. The van der Waals surface area contributed by atoms with Crippen LogP contribution in [0.3, 0.4) is 0 Å². The van der Waals surface area contributed by atoms with Crippen LogP contribution in [0.2, 0.25) is 5.02 Å². The number of hydrogen-bond acceptors (Lipinski definition) is 1. The van der Waals surface area contributed by atoms with E-state index >= 15 is 0 Å². The maximum absolute atomic E-state index is 14.1. The Bertz CT molecular complexity index is 449. The molecule has 2 rings (SSSR count). The Morgan fingerprint density at radius 3 is 2.71 bits per heavy atom. The van der Waals surface area contributed by atoms with Crippen LogP contribution in [-0.2, 0) is 6.42 Å². The second-order valence-corrected chi connectivity index (χ2v) is 6.79. The standard InChI is InChI=1S/C18H27ClFN/c1-3-13-5-6-15(12-21-4-2)16(9-13)10-14-7-8-17(19)11-18(14)20/h7-8,11,13,15-16,21H,3-6,9-10,12H2,1-2H3. The fraction of sp³-hybridized carbons (Fsp3) is 0.667. The van der Waals surface area contributed by atoms with Gasteiger partial charge in [0, 0.05) is 5.02 Å². The quantitative estimate of drug-likeness (QED) is 0.773. The van der Waals surface area contributed by atoms with Crippen LogP contribution in [0.25, 0.3) is 0 Å². The third kappa shape index (κ3) is 4.69. The number of halogens is 2. The van der Waals surface area contributed by atoms with Gasteiger partial charge in [-0.25, -0.2) is 4.39 Å². The van der Waals surface area contributed by atoms with E-state index in [-0.39, 0.29) is 5.82 Å². The van der Waals surface area contributed by atoms with Crippen LogP contribution in [0.1, 0.15) is 45.1 Å². The van der Waals surface area contributed by atoms with Gasteiger partial charge in [-0.05, 0) is 67.8 Å². The highest BCUT2D eigenvalue weighted by atomic mass is 35.5. The minimum Gasteiger partial charge on any atom is -0.317 e. The molecule has 0 saturated heterocycles. The van der Waals surface area contributed by atoms with Crippen molar-refractivity contribution in [3.05, 3.63) is 34.6 Å². The van der Waals surface area contributed by atoms with Crippen LogP contribution in [-0.4, -0.2) is 13.1 Å². The normalized spacial score (nSPS) is 26.0. The molecule has 1 aliphatic carbocycles. The molecular formula is C18H27ClFN. The molecule has 1 aromatic rings. The van der Waals surface area contributed by atoms with Crippen molar-refractivity contribution < 1.29 is 4.39 Å². The van der Waals surface area contributed by atoms with Gasteiger partial charge < -0.3 is 5.32 Å². The van der Waals surface area contributed by atoms with Gasteiger partial charge in [0.15, 0.2) is 0 Å². The third-order valence-electron chi connectivity index (χ3n) is 4.98. The van der Waals surface area contributed by atoms with E-state index in [9.17, 15) is 4.39 Å². The van der Waals surface area contributed by atoms with Gasteiger partial charge in [0.25, 0.3) is 0 Å². The van der Waals surface area contributed by atoms with Crippen LogP contribution in [0.4, 0.5) is 4.39 Å². The number of hydrogen-bond donors (Lipinski definition) is 1. The van der Waals surface area contributed by atoms with E-state index in [1.54, 1.807) is 6.07 Å². The van der Waals surface area contributed by atoms with Crippen LogP contribution >= 0.6 is 11.6 Å². The molecule has 0 amide bonds. The van der Waals surface area contributed by atoms with Crippen molar-refractivity contribution in [2.24, 2.45) is 17.8 Å². The first-order valence-electron chi connectivity index (χ1n) is 8.28. The van der Waals surface area contributed by atoms with Crippen molar-refractivity contribution in [3.63, 3.8) is 0 Å². The van der Waals surface area contributed by atoms with Gasteiger partial charge in [-0.2, -0.15) is 0 Å². The Labute approximate surface area is 133 Å². The first kappa shape index (κ1) is 16.8. The summed E-state index contributed by atoms with van der Waals surface area (Å²) in [6.45, 7) is 6.49. The van der Waals surface area contributed by atoms with Crippen molar-refractivity contribution in [2.75, 3.05) is 13.1 Å². The summed E-state index contributed by atoms with van der Waals surface area (Å²) in [5.74, 6) is 1.91. The molecule has 0 aromatic heterocycles. The Morgan fingerprint density at radius 1 is 1.24 bits per heavy atom. The fourth-order valence-corrected chi connectivity index (χ4v) is 3.77. The highest BCUT2D eigenvalue weighted by Gasteiger charge is 2.30. The van der Waals surface area contributed by atoms with E-state index in [1.165, 1.54) is 31.7 Å². The van der Waals surface area contributed by atoms with Crippen molar-refractivity contribution in [3.8, 4) is 0 Å². The molecule has 3 atom stereocenters. The summed E-state index contributed by atoms with van der Waals surface area (Å²) in [5, 5.41) is 3.96. The summed E-state index contributed by atoms with van der Waals surface area (Å²) in [7, 11) is 0. The molecule has 3 unspecified atom stereocenters. The highest BCUT2D eigenvalue weighted by molar-refractivity contribution is 6.30. The molecule has 1 aromatic carbocycles. The lowest BCUT2D eigenvalue weighted by molar-refractivity contribution is 0.171. The van der Waals surface area contributed by atoms with Gasteiger partial charge in [0.1, 0.15) is 5.82 Å². The zero-order valence-electron chi connectivity index (χ0n) is 13.2. The molecule has 1 N–H and O–H groups in total. The molecular weight excluding hydrogens is 285 g/mol. The summed E-state index contributed by atoms with van der Waals surface area (Å²) < 4.78 is 14.1. The molecule has 0 radical (unpaired) electrons. The van der Waals surface area contributed by atoms with E-state index in [0.717, 1.165) is 31.0 Å². The zero-order valence-corrected chi connectivity index (χ0v) is 13.9. The van der Waals surface area contributed by atoms with E-state index in [1.807, 2.05) is 6.07 Å². The van der Waals surface area contributed by atoms with Crippen LogP contribution < -0.4 is 5.32 Å². The highest BCUT2D eigenvalue weighted by Crippen LogP contribution is 2.37. The van der Waals surface area contributed by atoms with Gasteiger partial charge >= 0.3 is 0 Å². The van der Waals surface area contributed by atoms with Crippen molar-refractivity contribution >= 4 is 11.6 Å². The molecule has 0 aliphatic heterocycles. The number of nitrogens with one attached hydrogen (secondary N) is 1. The largest absolute Gasteiger partial charge is 0.317 e. The van der Waals surface area contributed by atoms with Gasteiger partial charge in [-0.1, -0.05) is 44.4 Å². The van der Waals surface area contributed by atoms with Gasteiger partial charge in [0.2, 0.25) is 0 Å². The summed E-state index contributed by atoms with van der Waals surface area (Å²) >= 11 is 5.85. The Balaban J connectivity index is 2.07. The van der Waals surface area contributed by atoms with Gasteiger partial charge in [-0.15, -0.1) is 0 Å². The smallest absolute Gasteiger partial charge is 0.127 e. The second-order valence-electron chi connectivity index (χ2n) is 6.36. The Kier molecular flexibility index (Phi) is 6.50. The SMILES string of the molecule is CCNCC1CCC(CC)CC1Cc1ccc(Cl)cc1F. The van der Waals surface area contributed by atoms with Gasteiger partial charge in [-0.3, -0.25) is 0 Å². The van der Waals surface area contributed by atoms with E-state index in [4.69, 9.17) is 11.6 Å². The van der Waals surface area contributed by atoms with E-state index in [2.05, 4.69) is 19.2 Å². The minimum absolute atomic E-state index is 0.150. The monoisotopic (exact) mass is 311 g/mol. The Morgan fingerprint density at radius 2 is 2.05 bits per heavy atom. The van der Waals surface area contributed by atoms with Crippen LogP contribution in [0.5, 0.6) is 0 Å². The summed E-state index contributed by atoms with van der Waals surface area (Å²) in [6.07, 6.45) is 5.91. The maximum Gasteiger partial charge on any atom is 0.127 e. The predicted molar refractivity (Wildman–Crippen MR) is 88.3 cm³/mol.